The van der Waals surface area contributed by atoms with Crippen molar-refractivity contribution < 1.29 is 10.2 Å². The Hall–Kier alpha value is -0.420. The predicted molar refractivity (Wildman–Crippen MR) is 58.8 cm³/mol. The zero-order chi connectivity index (χ0) is 10.6. The molecule has 0 bridgehead atoms. The summed E-state index contributed by atoms with van der Waals surface area (Å²) < 4.78 is 0.834. The number of rotatable bonds is 4. The third kappa shape index (κ3) is 2.78. The van der Waals surface area contributed by atoms with Gasteiger partial charge in [0.05, 0.1) is 6.10 Å². The van der Waals surface area contributed by atoms with E-state index >= 15 is 0 Å². The monoisotopic (exact) mass is 259 g/mol. The van der Waals surface area contributed by atoms with E-state index in [1.54, 1.807) is 0 Å². The minimum atomic E-state index is -0.738. The summed E-state index contributed by atoms with van der Waals surface area (Å²) in [5.41, 5.74) is 6.46. The summed E-state index contributed by atoms with van der Waals surface area (Å²) in [6.45, 7) is -0.0112. The zero-order valence-corrected chi connectivity index (χ0v) is 9.31. The van der Waals surface area contributed by atoms with Gasteiger partial charge < -0.3 is 15.9 Å². The molecule has 14 heavy (non-hydrogen) atoms. The van der Waals surface area contributed by atoms with Crippen LogP contribution in [0, 0.1) is 0 Å². The SMILES string of the molecule is NC(CCO)C(O)c1ccccc1Br. The fourth-order valence-corrected chi connectivity index (χ4v) is 1.77. The van der Waals surface area contributed by atoms with Gasteiger partial charge in [0.2, 0.25) is 0 Å². The van der Waals surface area contributed by atoms with Gasteiger partial charge in [-0.3, -0.25) is 0 Å². The maximum absolute atomic E-state index is 9.83. The molecular formula is C10H14BrNO2. The molecule has 0 heterocycles. The minimum absolute atomic E-state index is 0.0112. The molecular weight excluding hydrogens is 246 g/mol. The lowest BCUT2D eigenvalue weighted by atomic mass is 10.0. The molecule has 78 valence electrons. The molecule has 1 aromatic rings. The molecule has 0 saturated carbocycles. The highest BCUT2D eigenvalue weighted by molar-refractivity contribution is 9.10. The van der Waals surface area contributed by atoms with Crippen molar-refractivity contribution in [1.29, 1.82) is 0 Å². The summed E-state index contributed by atoms with van der Waals surface area (Å²) >= 11 is 3.34. The van der Waals surface area contributed by atoms with Crippen LogP contribution in [0.4, 0.5) is 0 Å². The highest BCUT2D eigenvalue weighted by Crippen LogP contribution is 2.25. The third-order valence-corrected chi connectivity index (χ3v) is 2.81. The Morgan fingerprint density at radius 2 is 2.00 bits per heavy atom. The van der Waals surface area contributed by atoms with Crippen molar-refractivity contribution in [1.82, 2.24) is 0 Å². The second kappa shape index (κ2) is 5.46. The number of nitrogens with two attached hydrogens (primary N) is 1. The number of hydrogen-bond acceptors (Lipinski definition) is 3. The Labute approximate surface area is 91.7 Å². The summed E-state index contributed by atoms with van der Waals surface area (Å²) in [4.78, 5) is 0. The van der Waals surface area contributed by atoms with Crippen LogP contribution in [0.15, 0.2) is 28.7 Å². The standard InChI is InChI=1S/C10H14BrNO2/c11-8-4-2-1-3-7(8)10(14)9(12)5-6-13/h1-4,9-10,13-14H,5-6,12H2. The molecule has 3 nitrogen and oxygen atoms in total. The Kier molecular flexibility index (Phi) is 4.54. The molecule has 0 aliphatic carbocycles. The van der Waals surface area contributed by atoms with E-state index < -0.39 is 12.1 Å². The first kappa shape index (κ1) is 11.7. The Morgan fingerprint density at radius 1 is 1.36 bits per heavy atom. The van der Waals surface area contributed by atoms with Gasteiger partial charge in [-0.2, -0.15) is 0 Å². The van der Waals surface area contributed by atoms with Crippen LogP contribution < -0.4 is 5.73 Å². The summed E-state index contributed by atoms with van der Waals surface area (Å²) in [5, 5.41) is 18.5. The van der Waals surface area contributed by atoms with Crippen molar-refractivity contribution in [3.05, 3.63) is 34.3 Å². The van der Waals surface area contributed by atoms with Crippen LogP contribution in [0.5, 0.6) is 0 Å². The van der Waals surface area contributed by atoms with Crippen LogP contribution in [0.1, 0.15) is 18.1 Å². The number of hydrogen-bond donors (Lipinski definition) is 3. The van der Waals surface area contributed by atoms with Crippen LogP contribution in [-0.2, 0) is 0 Å². The molecule has 0 fully saturated rings. The van der Waals surface area contributed by atoms with Crippen LogP contribution >= 0.6 is 15.9 Å². The first-order valence-electron chi connectivity index (χ1n) is 4.45. The first-order valence-corrected chi connectivity index (χ1v) is 5.25. The average Bonchev–Trinajstić information content (AvgIpc) is 2.18. The Morgan fingerprint density at radius 3 is 2.57 bits per heavy atom. The molecule has 0 amide bonds. The second-order valence-electron chi connectivity index (χ2n) is 3.14. The number of aliphatic hydroxyl groups is 2. The smallest absolute Gasteiger partial charge is 0.0952 e. The number of halogens is 1. The van der Waals surface area contributed by atoms with Crippen LogP contribution in [0.2, 0.25) is 0 Å². The van der Waals surface area contributed by atoms with E-state index in [9.17, 15) is 5.11 Å². The predicted octanol–water partition coefficient (Wildman–Crippen LogP) is 1.19. The summed E-state index contributed by atoms with van der Waals surface area (Å²) in [6.07, 6.45) is -0.347. The van der Waals surface area contributed by atoms with Gasteiger partial charge >= 0.3 is 0 Å². The van der Waals surface area contributed by atoms with E-state index in [0.717, 1.165) is 10.0 Å². The molecule has 0 radical (unpaired) electrons. The summed E-state index contributed by atoms with van der Waals surface area (Å²) in [5.74, 6) is 0. The van der Waals surface area contributed by atoms with E-state index in [4.69, 9.17) is 10.8 Å². The van der Waals surface area contributed by atoms with E-state index in [-0.39, 0.29) is 6.61 Å². The zero-order valence-electron chi connectivity index (χ0n) is 7.73. The van der Waals surface area contributed by atoms with Gasteiger partial charge in [-0.15, -0.1) is 0 Å². The minimum Gasteiger partial charge on any atom is -0.396 e. The van der Waals surface area contributed by atoms with Crippen LogP contribution in [0.25, 0.3) is 0 Å². The molecule has 0 saturated heterocycles. The topological polar surface area (TPSA) is 66.5 Å². The van der Waals surface area contributed by atoms with Gasteiger partial charge in [0.15, 0.2) is 0 Å². The Balaban J connectivity index is 2.78. The van der Waals surface area contributed by atoms with Crippen molar-refractivity contribution in [2.45, 2.75) is 18.6 Å². The van der Waals surface area contributed by atoms with Gasteiger partial charge in [0.1, 0.15) is 0 Å². The average molecular weight is 260 g/mol. The van der Waals surface area contributed by atoms with Gasteiger partial charge in [0.25, 0.3) is 0 Å². The lowest BCUT2D eigenvalue weighted by Crippen LogP contribution is -2.29. The highest BCUT2D eigenvalue weighted by atomic mass is 79.9. The third-order valence-electron chi connectivity index (χ3n) is 2.09. The maximum atomic E-state index is 9.83. The molecule has 0 aliphatic heterocycles. The molecule has 0 aromatic heterocycles. The fraction of sp³-hybridized carbons (Fsp3) is 0.400. The molecule has 2 atom stereocenters. The van der Waals surface area contributed by atoms with Gasteiger partial charge in [-0.25, -0.2) is 0 Å². The normalized spacial score (nSPS) is 15.1. The molecule has 0 spiro atoms. The van der Waals surface area contributed by atoms with Crippen LogP contribution in [-0.4, -0.2) is 22.9 Å². The molecule has 1 rings (SSSR count). The molecule has 0 aliphatic rings. The van der Waals surface area contributed by atoms with E-state index in [1.165, 1.54) is 0 Å². The van der Waals surface area contributed by atoms with Gasteiger partial charge in [-0.1, -0.05) is 34.1 Å². The summed E-state index contributed by atoms with van der Waals surface area (Å²) in [6, 6.07) is 6.95. The molecule has 2 unspecified atom stereocenters. The van der Waals surface area contributed by atoms with Crippen molar-refractivity contribution in [3.63, 3.8) is 0 Å². The van der Waals surface area contributed by atoms with E-state index in [1.807, 2.05) is 24.3 Å². The number of benzene rings is 1. The van der Waals surface area contributed by atoms with Crippen molar-refractivity contribution >= 4 is 15.9 Å². The van der Waals surface area contributed by atoms with Crippen LogP contribution in [0.3, 0.4) is 0 Å². The van der Waals surface area contributed by atoms with Crippen molar-refractivity contribution in [3.8, 4) is 0 Å². The highest BCUT2D eigenvalue weighted by Gasteiger charge is 2.17. The largest absolute Gasteiger partial charge is 0.396 e. The summed E-state index contributed by atoms with van der Waals surface area (Å²) in [7, 11) is 0. The molecule has 4 N–H and O–H groups in total. The quantitative estimate of drug-likeness (QED) is 0.761. The maximum Gasteiger partial charge on any atom is 0.0952 e. The fourth-order valence-electron chi connectivity index (χ4n) is 1.25. The lowest BCUT2D eigenvalue weighted by Gasteiger charge is -2.19. The van der Waals surface area contributed by atoms with E-state index in [0.29, 0.717) is 6.42 Å². The lowest BCUT2D eigenvalue weighted by molar-refractivity contribution is 0.128. The van der Waals surface area contributed by atoms with Crippen molar-refractivity contribution in [2.75, 3.05) is 6.61 Å². The van der Waals surface area contributed by atoms with Gasteiger partial charge in [-0.05, 0) is 18.1 Å². The second-order valence-corrected chi connectivity index (χ2v) is 4.00. The molecule has 4 heteroatoms. The first-order chi connectivity index (χ1) is 6.66. The van der Waals surface area contributed by atoms with E-state index in [2.05, 4.69) is 15.9 Å². The van der Waals surface area contributed by atoms with Gasteiger partial charge in [0, 0.05) is 17.1 Å². The van der Waals surface area contributed by atoms with Crippen molar-refractivity contribution in [2.24, 2.45) is 5.73 Å². The number of aliphatic hydroxyl groups excluding tert-OH is 2. The Bertz CT molecular complexity index is 293. The molecule has 1 aromatic carbocycles.